The molecule has 1 unspecified atom stereocenters. The van der Waals surface area contributed by atoms with Gasteiger partial charge in [0.15, 0.2) is 0 Å². The Hall–Kier alpha value is -4.45. The van der Waals surface area contributed by atoms with E-state index in [1.807, 2.05) is 20.0 Å². The van der Waals surface area contributed by atoms with Crippen LogP contribution in [0.1, 0.15) is 82.7 Å². The van der Waals surface area contributed by atoms with Crippen molar-refractivity contribution in [2.24, 2.45) is 5.92 Å². The Morgan fingerprint density at radius 2 is 1.90 bits per heavy atom. The average molecular weight is 664 g/mol. The predicted molar refractivity (Wildman–Crippen MR) is 189 cm³/mol. The second-order valence-corrected chi connectivity index (χ2v) is 14.4. The maximum atomic E-state index is 12.1. The fraction of sp³-hybridized carbons (Fsp3) is 0.447. The van der Waals surface area contributed by atoms with E-state index < -0.39 is 18.4 Å². The summed E-state index contributed by atoms with van der Waals surface area (Å²) in [5.74, 6) is 2.65. The number of aromatic amines is 2. The topological polar surface area (TPSA) is 140 Å². The molecule has 0 aliphatic carbocycles. The van der Waals surface area contributed by atoms with Crippen LogP contribution in [0.5, 0.6) is 5.75 Å². The summed E-state index contributed by atoms with van der Waals surface area (Å²) in [5, 5.41) is 20.2. The van der Waals surface area contributed by atoms with Gasteiger partial charge < -0.3 is 35.2 Å². The number of carbonyl (C=O) groups is 1. The number of hydrogen-bond acceptors (Lipinski definition) is 8. The van der Waals surface area contributed by atoms with E-state index in [0.29, 0.717) is 12.6 Å². The summed E-state index contributed by atoms with van der Waals surface area (Å²) in [6, 6.07) is 15.4. The first-order valence-corrected chi connectivity index (χ1v) is 17.5. The first kappa shape index (κ1) is 31.8. The SMILES string of the molecule is COC(=O)N[C@@H](C(C)C)C(O)N1[C@@H](C)CC[C@H]1c1nc2ccc3cc4c(cc3c2[nH]1)OCc1cc(-c2cnc([C@@H]3CC[C@H](C)N3)[nH]2)ccc1-4. The minimum Gasteiger partial charge on any atom is -0.488 e. The third kappa shape index (κ3) is 5.63. The third-order valence-corrected chi connectivity index (χ3v) is 10.8. The van der Waals surface area contributed by atoms with Crippen LogP contribution in [0, 0.1) is 5.92 Å². The van der Waals surface area contributed by atoms with Crippen molar-refractivity contribution in [2.45, 2.75) is 96.4 Å². The van der Waals surface area contributed by atoms with Crippen LogP contribution in [0.15, 0.2) is 48.7 Å². The van der Waals surface area contributed by atoms with Crippen LogP contribution in [-0.4, -0.2) is 67.5 Å². The molecule has 0 bridgehead atoms. The normalized spacial score (nSPS) is 23.4. The fourth-order valence-corrected chi connectivity index (χ4v) is 8.13. The molecule has 2 saturated heterocycles. The minimum absolute atomic E-state index is 0.00783. The average Bonchev–Trinajstić information content (AvgIpc) is 3.91. The zero-order chi connectivity index (χ0) is 34.0. The number of nitrogens with zero attached hydrogens (tertiary/aromatic N) is 3. The van der Waals surface area contributed by atoms with Gasteiger partial charge >= 0.3 is 6.09 Å². The summed E-state index contributed by atoms with van der Waals surface area (Å²) in [4.78, 5) is 31.1. The number of fused-ring (bicyclic) bond motifs is 6. The number of alkyl carbamates (subject to hydrolysis) is 1. The minimum atomic E-state index is -0.906. The highest BCUT2D eigenvalue weighted by Gasteiger charge is 2.42. The van der Waals surface area contributed by atoms with Gasteiger partial charge in [-0.15, -0.1) is 0 Å². The lowest BCUT2D eigenvalue weighted by molar-refractivity contribution is -0.0613. The van der Waals surface area contributed by atoms with E-state index in [4.69, 9.17) is 19.4 Å². The number of aliphatic hydroxyl groups is 1. The summed E-state index contributed by atoms with van der Waals surface area (Å²) in [7, 11) is 1.34. The molecular weight excluding hydrogens is 618 g/mol. The number of carbonyl (C=O) groups excluding carboxylic acids is 1. The molecule has 0 saturated carbocycles. The Balaban J connectivity index is 1.09. The van der Waals surface area contributed by atoms with E-state index in [1.54, 1.807) is 0 Å². The van der Waals surface area contributed by atoms with Gasteiger partial charge in [-0.2, -0.15) is 0 Å². The van der Waals surface area contributed by atoms with Gasteiger partial charge in [0.25, 0.3) is 0 Å². The molecule has 2 fully saturated rings. The molecule has 5 aromatic rings. The molecule has 49 heavy (non-hydrogen) atoms. The highest BCUT2D eigenvalue weighted by molar-refractivity contribution is 6.07. The zero-order valence-corrected chi connectivity index (χ0v) is 28.7. The van der Waals surface area contributed by atoms with E-state index in [9.17, 15) is 9.90 Å². The van der Waals surface area contributed by atoms with Gasteiger partial charge in [0.05, 0.1) is 48.2 Å². The van der Waals surface area contributed by atoms with Crippen LogP contribution in [0.2, 0.25) is 0 Å². The summed E-state index contributed by atoms with van der Waals surface area (Å²) in [6.07, 6.45) is 4.48. The van der Waals surface area contributed by atoms with Gasteiger partial charge in [-0.05, 0) is 91.8 Å². The number of amides is 1. The lowest BCUT2D eigenvalue weighted by Gasteiger charge is -2.38. The third-order valence-electron chi connectivity index (χ3n) is 10.8. The molecule has 5 N–H and O–H groups in total. The number of hydrogen-bond donors (Lipinski definition) is 5. The van der Waals surface area contributed by atoms with Crippen molar-refractivity contribution in [2.75, 3.05) is 7.11 Å². The second-order valence-electron chi connectivity index (χ2n) is 14.4. The summed E-state index contributed by atoms with van der Waals surface area (Å²) < 4.78 is 11.2. The molecule has 1 amide bonds. The summed E-state index contributed by atoms with van der Waals surface area (Å²) in [5.41, 5.74) is 7.33. The molecule has 0 spiro atoms. The number of aromatic nitrogens is 4. The number of rotatable bonds is 7. The molecule has 3 aliphatic heterocycles. The second kappa shape index (κ2) is 12.5. The molecule has 6 atom stereocenters. The standard InChI is InChI=1S/C38H45N7O4/c1-19(2)33(44-38(47)48-5)37(46)45-21(4)7-13-31(45)36-41-28-12-9-22-15-27-25-10-8-23(30-17-39-35(42-30)29-11-6-20(3)40-29)14-24(25)18-49-32(27)16-26(22)34(28)43-36/h8-10,12,14-17,19-21,29,31,33,37,40,46H,6-7,11,13,18H2,1-5H3,(H,39,42)(H,41,43)(H,44,47)/t20-,21-,29-,31-,33-,37?/m0/s1. The van der Waals surface area contributed by atoms with Crippen LogP contribution in [-0.2, 0) is 11.3 Å². The van der Waals surface area contributed by atoms with Crippen molar-refractivity contribution in [3.63, 3.8) is 0 Å². The molecule has 3 aliphatic rings. The van der Waals surface area contributed by atoms with Crippen molar-refractivity contribution in [3.05, 3.63) is 65.9 Å². The van der Waals surface area contributed by atoms with Crippen molar-refractivity contribution in [1.29, 1.82) is 0 Å². The van der Waals surface area contributed by atoms with Crippen molar-refractivity contribution < 1.29 is 19.4 Å². The molecule has 5 heterocycles. The molecular formula is C38H45N7O4. The van der Waals surface area contributed by atoms with Gasteiger partial charge in [-0.1, -0.05) is 32.0 Å². The molecule has 11 nitrogen and oxygen atoms in total. The smallest absolute Gasteiger partial charge is 0.407 e. The fourth-order valence-electron chi connectivity index (χ4n) is 8.13. The number of benzene rings is 3. The van der Waals surface area contributed by atoms with Crippen molar-refractivity contribution in [1.82, 2.24) is 35.5 Å². The molecule has 11 heteroatoms. The largest absolute Gasteiger partial charge is 0.488 e. The van der Waals surface area contributed by atoms with E-state index in [-0.39, 0.29) is 24.0 Å². The number of methoxy groups -OCH3 is 1. The van der Waals surface area contributed by atoms with Crippen molar-refractivity contribution in [3.8, 4) is 28.1 Å². The monoisotopic (exact) mass is 663 g/mol. The molecule has 2 aromatic heterocycles. The van der Waals surface area contributed by atoms with Gasteiger partial charge in [0.1, 0.15) is 30.2 Å². The Bertz CT molecular complexity index is 2040. The molecule has 256 valence electrons. The van der Waals surface area contributed by atoms with Crippen LogP contribution in [0.4, 0.5) is 4.79 Å². The van der Waals surface area contributed by atoms with E-state index in [0.717, 1.165) is 87.3 Å². The Morgan fingerprint density at radius 1 is 1.04 bits per heavy atom. The number of H-pyrrole nitrogens is 2. The van der Waals surface area contributed by atoms with Crippen LogP contribution in [0.3, 0.4) is 0 Å². The van der Waals surface area contributed by atoms with Gasteiger partial charge in [-0.25, -0.2) is 14.8 Å². The Labute approximate surface area is 285 Å². The summed E-state index contributed by atoms with van der Waals surface area (Å²) in [6.45, 7) is 8.78. The van der Waals surface area contributed by atoms with Crippen LogP contribution in [0.25, 0.3) is 44.2 Å². The maximum absolute atomic E-state index is 12.1. The number of ether oxygens (including phenoxy) is 2. The Morgan fingerprint density at radius 3 is 2.67 bits per heavy atom. The highest BCUT2D eigenvalue weighted by Crippen LogP contribution is 2.44. The van der Waals surface area contributed by atoms with Gasteiger partial charge in [0.2, 0.25) is 0 Å². The molecule has 8 rings (SSSR count). The maximum Gasteiger partial charge on any atom is 0.407 e. The van der Waals surface area contributed by atoms with E-state index >= 15 is 0 Å². The predicted octanol–water partition coefficient (Wildman–Crippen LogP) is 6.70. The number of aliphatic hydroxyl groups excluding tert-OH is 1. The first-order valence-electron chi connectivity index (χ1n) is 17.5. The van der Waals surface area contributed by atoms with Crippen LogP contribution >= 0.6 is 0 Å². The highest BCUT2D eigenvalue weighted by atomic mass is 16.5. The van der Waals surface area contributed by atoms with Gasteiger partial charge in [-0.3, -0.25) is 4.90 Å². The number of nitrogens with one attached hydrogen (secondary N) is 4. The number of imidazole rings is 2. The Kier molecular flexibility index (Phi) is 8.08. The molecule has 0 radical (unpaired) electrons. The summed E-state index contributed by atoms with van der Waals surface area (Å²) >= 11 is 0. The first-order chi connectivity index (χ1) is 23.7. The van der Waals surface area contributed by atoms with Crippen molar-refractivity contribution >= 4 is 27.9 Å². The van der Waals surface area contributed by atoms with E-state index in [1.165, 1.54) is 12.7 Å². The zero-order valence-electron chi connectivity index (χ0n) is 28.7. The molecule has 3 aromatic carbocycles. The van der Waals surface area contributed by atoms with Crippen LogP contribution < -0.4 is 15.4 Å². The lowest BCUT2D eigenvalue weighted by Crippen LogP contribution is -2.55. The number of likely N-dealkylation sites (tertiary alicyclic amines) is 1. The lowest BCUT2D eigenvalue weighted by atomic mass is 9.92. The quantitative estimate of drug-likeness (QED) is 0.130. The van der Waals surface area contributed by atoms with E-state index in [2.05, 4.69) is 81.8 Å². The van der Waals surface area contributed by atoms with Gasteiger partial charge in [0, 0.05) is 23.0 Å².